The molecule has 0 bridgehead atoms. The number of ether oxygens (including phenoxy) is 1. The van der Waals surface area contributed by atoms with Crippen LogP contribution in [0, 0.1) is 13.8 Å². The SMILES string of the molecule is Cc1nn(C)c(C)c1C(N)Cc1cc(Cl)cc2c1OCC2. The Labute approximate surface area is 129 Å². The van der Waals surface area contributed by atoms with E-state index in [2.05, 4.69) is 5.10 Å². The van der Waals surface area contributed by atoms with Crippen LogP contribution in [0.4, 0.5) is 0 Å². The molecule has 0 spiro atoms. The summed E-state index contributed by atoms with van der Waals surface area (Å²) < 4.78 is 7.63. The van der Waals surface area contributed by atoms with Gasteiger partial charge in [0.25, 0.3) is 0 Å². The number of nitrogens with zero attached hydrogens (tertiary/aromatic N) is 2. The van der Waals surface area contributed by atoms with Gasteiger partial charge in [-0.1, -0.05) is 11.6 Å². The maximum Gasteiger partial charge on any atom is 0.125 e. The third-order valence-corrected chi connectivity index (χ3v) is 4.42. The topological polar surface area (TPSA) is 53.1 Å². The molecule has 0 amide bonds. The molecule has 2 heterocycles. The first kappa shape index (κ1) is 14.4. The predicted octanol–water partition coefficient (Wildman–Crippen LogP) is 2.87. The van der Waals surface area contributed by atoms with Gasteiger partial charge in [-0.3, -0.25) is 4.68 Å². The standard InChI is InChI=1S/C16H20ClN3O/c1-9-15(10(2)20(3)19-9)14(18)8-12-7-13(17)6-11-4-5-21-16(11)12/h6-7,14H,4-5,8,18H2,1-3H3. The molecule has 1 aliphatic rings. The van der Waals surface area contributed by atoms with Crippen molar-refractivity contribution in [3.63, 3.8) is 0 Å². The molecule has 2 N–H and O–H groups in total. The minimum Gasteiger partial charge on any atom is -0.493 e. The van der Waals surface area contributed by atoms with Crippen molar-refractivity contribution >= 4 is 11.6 Å². The largest absolute Gasteiger partial charge is 0.493 e. The van der Waals surface area contributed by atoms with E-state index in [1.165, 1.54) is 5.56 Å². The molecule has 1 aliphatic heterocycles. The van der Waals surface area contributed by atoms with Crippen molar-refractivity contribution in [3.05, 3.63) is 45.2 Å². The summed E-state index contributed by atoms with van der Waals surface area (Å²) in [6.45, 7) is 4.78. The molecule has 0 aliphatic carbocycles. The number of fused-ring (bicyclic) bond motifs is 1. The first-order valence-corrected chi connectivity index (χ1v) is 7.55. The molecule has 1 aromatic heterocycles. The monoisotopic (exact) mass is 305 g/mol. The van der Waals surface area contributed by atoms with Gasteiger partial charge >= 0.3 is 0 Å². The molecule has 0 saturated carbocycles. The maximum absolute atomic E-state index is 6.43. The van der Waals surface area contributed by atoms with Gasteiger partial charge in [-0.05, 0) is 43.5 Å². The Kier molecular flexibility index (Phi) is 3.68. The van der Waals surface area contributed by atoms with Gasteiger partial charge in [0.2, 0.25) is 0 Å². The molecule has 0 radical (unpaired) electrons. The number of aryl methyl sites for hydroxylation is 2. The van der Waals surface area contributed by atoms with E-state index in [9.17, 15) is 0 Å². The third kappa shape index (κ3) is 2.54. The van der Waals surface area contributed by atoms with Gasteiger partial charge in [0.15, 0.2) is 0 Å². The molecule has 1 unspecified atom stereocenters. The Bertz CT molecular complexity index is 693. The molecular weight excluding hydrogens is 286 g/mol. The van der Waals surface area contributed by atoms with Gasteiger partial charge in [-0.25, -0.2) is 0 Å². The van der Waals surface area contributed by atoms with E-state index < -0.39 is 0 Å². The number of rotatable bonds is 3. The molecule has 4 nitrogen and oxygen atoms in total. The van der Waals surface area contributed by atoms with Crippen LogP contribution < -0.4 is 10.5 Å². The lowest BCUT2D eigenvalue weighted by Gasteiger charge is -2.15. The summed E-state index contributed by atoms with van der Waals surface area (Å²) in [5, 5.41) is 5.19. The van der Waals surface area contributed by atoms with Crippen molar-refractivity contribution < 1.29 is 4.74 Å². The average molecular weight is 306 g/mol. The van der Waals surface area contributed by atoms with Crippen LogP contribution in [0.15, 0.2) is 12.1 Å². The maximum atomic E-state index is 6.43. The Morgan fingerprint density at radius 3 is 2.86 bits per heavy atom. The number of hydrogen-bond acceptors (Lipinski definition) is 3. The second-order valence-electron chi connectivity index (χ2n) is 5.67. The van der Waals surface area contributed by atoms with Crippen molar-refractivity contribution in [3.8, 4) is 5.75 Å². The fraction of sp³-hybridized carbons (Fsp3) is 0.438. The second kappa shape index (κ2) is 5.35. The lowest BCUT2D eigenvalue weighted by molar-refractivity contribution is 0.352. The zero-order valence-corrected chi connectivity index (χ0v) is 13.4. The van der Waals surface area contributed by atoms with E-state index in [1.54, 1.807) is 0 Å². The number of aromatic nitrogens is 2. The smallest absolute Gasteiger partial charge is 0.125 e. The summed E-state index contributed by atoms with van der Waals surface area (Å²) in [6.07, 6.45) is 1.62. The Morgan fingerprint density at radius 2 is 2.19 bits per heavy atom. The fourth-order valence-corrected chi connectivity index (χ4v) is 3.43. The lowest BCUT2D eigenvalue weighted by atomic mass is 9.96. The highest BCUT2D eigenvalue weighted by Crippen LogP contribution is 2.35. The van der Waals surface area contributed by atoms with Crippen LogP contribution in [0.1, 0.15) is 34.1 Å². The summed E-state index contributed by atoms with van der Waals surface area (Å²) in [7, 11) is 1.94. The number of nitrogens with two attached hydrogens (primary N) is 1. The molecule has 1 aromatic carbocycles. The van der Waals surface area contributed by atoms with Gasteiger partial charge in [-0.2, -0.15) is 5.10 Å². The quantitative estimate of drug-likeness (QED) is 0.948. The minimum atomic E-state index is -0.106. The van der Waals surface area contributed by atoms with E-state index >= 15 is 0 Å². The first-order valence-electron chi connectivity index (χ1n) is 7.17. The number of hydrogen-bond donors (Lipinski definition) is 1. The van der Waals surface area contributed by atoms with Crippen LogP contribution in [-0.2, 0) is 19.9 Å². The van der Waals surface area contributed by atoms with Crippen molar-refractivity contribution in [1.82, 2.24) is 9.78 Å². The van der Waals surface area contributed by atoms with Gasteiger partial charge in [0.1, 0.15) is 5.75 Å². The molecule has 0 fully saturated rings. The van der Waals surface area contributed by atoms with Gasteiger partial charge in [0, 0.05) is 35.8 Å². The zero-order chi connectivity index (χ0) is 15.1. The summed E-state index contributed by atoms with van der Waals surface area (Å²) in [5.41, 5.74) is 11.9. The van der Waals surface area contributed by atoms with E-state index in [4.69, 9.17) is 22.1 Å². The van der Waals surface area contributed by atoms with Crippen LogP contribution in [0.25, 0.3) is 0 Å². The highest BCUT2D eigenvalue weighted by atomic mass is 35.5. The number of benzene rings is 1. The van der Waals surface area contributed by atoms with Crippen LogP contribution in [0.5, 0.6) is 5.75 Å². The van der Waals surface area contributed by atoms with Gasteiger partial charge in [-0.15, -0.1) is 0 Å². The van der Waals surface area contributed by atoms with Crippen LogP contribution >= 0.6 is 11.6 Å². The van der Waals surface area contributed by atoms with Crippen LogP contribution in [-0.4, -0.2) is 16.4 Å². The average Bonchev–Trinajstić information content (AvgIpc) is 2.95. The zero-order valence-electron chi connectivity index (χ0n) is 12.6. The molecule has 2 aromatic rings. The minimum absolute atomic E-state index is 0.106. The van der Waals surface area contributed by atoms with Gasteiger partial charge < -0.3 is 10.5 Å². The van der Waals surface area contributed by atoms with E-state index in [1.807, 2.05) is 37.7 Å². The Morgan fingerprint density at radius 1 is 1.43 bits per heavy atom. The van der Waals surface area contributed by atoms with E-state index in [0.717, 1.165) is 46.3 Å². The summed E-state index contributed by atoms with van der Waals surface area (Å²) in [4.78, 5) is 0. The van der Waals surface area contributed by atoms with Crippen LogP contribution in [0.3, 0.4) is 0 Å². The van der Waals surface area contributed by atoms with E-state index in [0.29, 0.717) is 6.42 Å². The van der Waals surface area contributed by atoms with E-state index in [-0.39, 0.29) is 6.04 Å². The molecule has 112 valence electrons. The molecule has 21 heavy (non-hydrogen) atoms. The molecule has 0 saturated heterocycles. The molecule has 5 heteroatoms. The molecular formula is C16H20ClN3O. The first-order chi connectivity index (χ1) is 9.97. The predicted molar refractivity (Wildman–Crippen MR) is 84.0 cm³/mol. The van der Waals surface area contributed by atoms with Crippen molar-refractivity contribution in [2.24, 2.45) is 12.8 Å². The molecule has 3 rings (SSSR count). The normalized spacial score (nSPS) is 14.9. The Hall–Kier alpha value is -1.52. The lowest BCUT2D eigenvalue weighted by Crippen LogP contribution is -2.16. The highest BCUT2D eigenvalue weighted by molar-refractivity contribution is 6.30. The molecule has 1 atom stereocenters. The summed E-state index contributed by atoms with van der Waals surface area (Å²) >= 11 is 6.21. The van der Waals surface area contributed by atoms with Crippen LogP contribution in [0.2, 0.25) is 5.02 Å². The number of halogens is 1. The Balaban J connectivity index is 1.94. The fourth-order valence-electron chi connectivity index (χ4n) is 3.16. The van der Waals surface area contributed by atoms with Crippen molar-refractivity contribution in [2.75, 3.05) is 6.61 Å². The van der Waals surface area contributed by atoms with Crippen molar-refractivity contribution in [2.45, 2.75) is 32.7 Å². The third-order valence-electron chi connectivity index (χ3n) is 4.20. The van der Waals surface area contributed by atoms with Crippen molar-refractivity contribution in [1.29, 1.82) is 0 Å². The summed E-state index contributed by atoms with van der Waals surface area (Å²) in [6, 6.07) is 3.84. The highest BCUT2D eigenvalue weighted by Gasteiger charge is 2.22. The summed E-state index contributed by atoms with van der Waals surface area (Å²) in [5.74, 6) is 0.967. The van der Waals surface area contributed by atoms with Gasteiger partial charge in [0.05, 0.1) is 12.3 Å². The second-order valence-corrected chi connectivity index (χ2v) is 6.11.